The summed E-state index contributed by atoms with van der Waals surface area (Å²) in [7, 11) is 3.45. The van der Waals surface area contributed by atoms with E-state index in [1.807, 2.05) is 29.2 Å². The molecule has 2 N–H and O–H groups in total. The molecular weight excluding hydrogens is 515 g/mol. The number of carbonyl (C=O) groups is 1. The van der Waals surface area contributed by atoms with Gasteiger partial charge in [0.25, 0.3) is 0 Å². The minimum absolute atomic E-state index is 0. The molecule has 6 nitrogen and oxygen atoms in total. The van der Waals surface area contributed by atoms with Gasteiger partial charge in [0.15, 0.2) is 5.96 Å². The summed E-state index contributed by atoms with van der Waals surface area (Å²) in [5.41, 5.74) is 1.02. The predicted octanol–water partition coefficient (Wildman–Crippen LogP) is 3.99. The van der Waals surface area contributed by atoms with E-state index in [1.165, 1.54) is 19.3 Å². The number of guanidine groups is 1. The summed E-state index contributed by atoms with van der Waals surface area (Å²) < 4.78 is 5.62. The lowest BCUT2D eigenvalue weighted by molar-refractivity contribution is -0.135. The zero-order valence-corrected chi connectivity index (χ0v) is 21.0. The molecule has 1 aliphatic heterocycles. The highest BCUT2D eigenvalue weighted by atomic mass is 127. The Balaban J connectivity index is 0.00000320. The Morgan fingerprint density at radius 3 is 2.73 bits per heavy atom. The van der Waals surface area contributed by atoms with E-state index in [0.29, 0.717) is 17.5 Å². The van der Waals surface area contributed by atoms with Crippen molar-refractivity contribution in [2.45, 2.75) is 50.7 Å². The number of nitrogens with zero attached hydrogens (tertiary/aromatic N) is 2. The van der Waals surface area contributed by atoms with Crippen LogP contribution in [-0.2, 0) is 9.53 Å². The minimum atomic E-state index is -0.125. The zero-order chi connectivity index (χ0) is 20.6. The summed E-state index contributed by atoms with van der Waals surface area (Å²) in [5.74, 6) is 1.31. The second kappa shape index (κ2) is 12.7. The normalized spacial score (nSPS) is 21.1. The number of ether oxygens (including phenoxy) is 1. The monoisotopic (exact) mass is 548 g/mol. The van der Waals surface area contributed by atoms with Gasteiger partial charge in [0, 0.05) is 50.8 Å². The van der Waals surface area contributed by atoms with Crippen LogP contribution >= 0.6 is 35.6 Å². The third-order valence-corrected chi connectivity index (χ3v) is 6.21. The third-order valence-electron chi connectivity index (χ3n) is 5.98. The van der Waals surface area contributed by atoms with Gasteiger partial charge in [0.1, 0.15) is 0 Å². The molecule has 1 saturated heterocycles. The third kappa shape index (κ3) is 6.99. The molecule has 0 radical (unpaired) electrons. The number of hydrogen-bond acceptors (Lipinski definition) is 3. The number of methoxy groups -OCH3 is 1. The van der Waals surface area contributed by atoms with Gasteiger partial charge in [0.05, 0.1) is 6.10 Å². The largest absolute Gasteiger partial charge is 0.375 e. The van der Waals surface area contributed by atoms with Gasteiger partial charge in [0.2, 0.25) is 5.91 Å². The van der Waals surface area contributed by atoms with Crippen LogP contribution in [-0.4, -0.2) is 56.6 Å². The highest BCUT2D eigenvalue weighted by molar-refractivity contribution is 14.0. The van der Waals surface area contributed by atoms with Crippen LogP contribution < -0.4 is 10.6 Å². The predicted molar refractivity (Wildman–Crippen MR) is 133 cm³/mol. The average molecular weight is 549 g/mol. The molecule has 2 aliphatic rings. The standard InChI is InChI=1S/C22H33ClN4O2.HI/c1-24-22(25-14-20(29-2)17-9-6-10-18(23)13-17)26-19-11-12-27(15-19)21(28)16-7-4-3-5-8-16;/h6,9-10,13,16,19-20H,3-5,7-8,11-12,14-15H2,1-2H3,(H2,24,25,26);1H. The molecule has 2 fully saturated rings. The molecular formula is C22H34ClIN4O2. The van der Waals surface area contributed by atoms with E-state index in [1.54, 1.807) is 14.2 Å². The molecule has 168 valence electrons. The van der Waals surface area contributed by atoms with Crippen LogP contribution in [0.1, 0.15) is 50.2 Å². The Morgan fingerprint density at radius 1 is 1.30 bits per heavy atom. The second-order valence-corrected chi connectivity index (χ2v) is 8.42. The lowest BCUT2D eigenvalue weighted by Crippen LogP contribution is -2.46. The van der Waals surface area contributed by atoms with Crippen LogP contribution in [0.25, 0.3) is 0 Å². The molecule has 1 aromatic rings. The summed E-state index contributed by atoms with van der Waals surface area (Å²) in [5, 5.41) is 7.49. The first kappa shape index (κ1) is 25.2. The lowest BCUT2D eigenvalue weighted by Gasteiger charge is -2.26. The molecule has 1 aromatic carbocycles. The van der Waals surface area contributed by atoms with Crippen molar-refractivity contribution in [3.05, 3.63) is 34.9 Å². The first-order valence-corrected chi connectivity index (χ1v) is 11.0. The number of rotatable bonds is 6. The number of nitrogens with one attached hydrogen (secondary N) is 2. The van der Waals surface area contributed by atoms with E-state index in [4.69, 9.17) is 16.3 Å². The Labute approximate surface area is 202 Å². The Bertz CT molecular complexity index is 712. The molecule has 0 aromatic heterocycles. The molecule has 8 heteroatoms. The van der Waals surface area contributed by atoms with Crippen molar-refractivity contribution >= 4 is 47.4 Å². The van der Waals surface area contributed by atoms with Crippen molar-refractivity contribution in [1.29, 1.82) is 0 Å². The average Bonchev–Trinajstić information content (AvgIpc) is 3.22. The fraction of sp³-hybridized carbons (Fsp3) is 0.636. The van der Waals surface area contributed by atoms with Crippen molar-refractivity contribution < 1.29 is 9.53 Å². The van der Waals surface area contributed by atoms with Crippen molar-refractivity contribution in [3.8, 4) is 0 Å². The summed E-state index contributed by atoms with van der Waals surface area (Å²) in [4.78, 5) is 19.1. The molecule has 3 rings (SSSR count). The van der Waals surface area contributed by atoms with E-state index in [-0.39, 0.29) is 42.0 Å². The smallest absolute Gasteiger partial charge is 0.225 e. The van der Waals surface area contributed by atoms with Crippen LogP contribution in [0.15, 0.2) is 29.3 Å². The first-order chi connectivity index (χ1) is 14.1. The SMILES string of the molecule is CN=C(NCC(OC)c1cccc(Cl)c1)NC1CCN(C(=O)C2CCCCC2)C1.I. The fourth-order valence-corrected chi connectivity index (χ4v) is 4.51. The van der Waals surface area contributed by atoms with E-state index >= 15 is 0 Å². The topological polar surface area (TPSA) is 66.0 Å². The van der Waals surface area contributed by atoms with Crippen LogP contribution in [0, 0.1) is 5.92 Å². The molecule has 0 spiro atoms. The summed E-state index contributed by atoms with van der Waals surface area (Å²) in [6, 6.07) is 7.92. The van der Waals surface area contributed by atoms with Crippen LogP contribution in [0.4, 0.5) is 0 Å². The number of benzene rings is 1. The number of carbonyl (C=O) groups excluding carboxylic acids is 1. The summed E-state index contributed by atoms with van der Waals surface area (Å²) in [6.45, 7) is 2.15. The Morgan fingerprint density at radius 2 is 2.07 bits per heavy atom. The molecule has 1 heterocycles. The number of aliphatic imine (C=N–C) groups is 1. The number of hydrogen-bond donors (Lipinski definition) is 2. The zero-order valence-electron chi connectivity index (χ0n) is 17.9. The van der Waals surface area contributed by atoms with Gasteiger partial charge >= 0.3 is 0 Å². The van der Waals surface area contributed by atoms with Crippen LogP contribution in [0.2, 0.25) is 5.02 Å². The number of amides is 1. The Hall–Kier alpha value is -1.06. The molecule has 0 bridgehead atoms. The van der Waals surface area contributed by atoms with Gasteiger partial charge in [-0.15, -0.1) is 24.0 Å². The number of likely N-dealkylation sites (tertiary alicyclic amines) is 1. The van der Waals surface area contributed by atoms with Gasteiger partial charge in [-0.3, -0.25) is 9.79 Å². The second-order valence-electron chi connectivity index (χ2n) is 7.98. The van der Waals surface area contributed by atoms with E-state index in [2.05, 4.69) is 15.6 Å². The molecule has 1 saturated carbocycles. The summed E-state index contributed by atoms with van der Waals surface area (Å²) in [6.07, 6.45) is 6.58. The van der Waals surface area contributed by atoms with Gasteiger partial charge in [-0.1, -0.05) is 43.0 Å². The van der Waals surface area contributed by atoms with Gasteiger partial charge in [-0.2, -0.15) is 0 Å². The maximum Gasteiger partial charge on any atom is 0.225 e. The molecule has 2 atom stereocenters. The van der Waals surface area contributed by atoms with E-state index in [0.717, 1.165) is 43.9 Å². The molecule has 2 unspecified atom stereocenters. The van der Waals surface area contributed by atoms with Gasteiger partial charge < -0.3 is 20.3 Å². The van der Waals surface area contributed by atoms with Gasteiger partial charge in [-0.25, -0.2) is 0 Å². The van der Waals surface area contributed by atoms with E-state index < -0.39 is 0 Å². The molecule has 30 heavy (non-hydrogen) atoms. The van der Waals surface area contributed by atoms with Crippen LogP contribution in [0.3, 0.4) is 0 Å². The minimum Gasteiger partial charge on any atom is -0.375 e. The maximum absolute atomic E-state index is 12.8. The highest BCUT2D eigenvalue weighted by Gasteiger charge is 2.31. The fourth-order valence-electron chi connectivity index (χ4n) is 4.31. The summed E-state index contributed by atoms with van der Waals surface area (Å²) >= 11 is 6.10. The number of halogens is 2. The maximum atomic E-state index is 12.8. The lowest BCUT2D eigenvalue weighted by atomic mass is 9.88. The quantitative estimate of drug-likeness (QED) is 0.321. The first-order valence-electron chi connectivity index (χ1n) is 10.6. The molecule has 1 amide bonds. The van der Waals surface area contributed by atoms with Crippen molar-refractivity contribution in [2.75, 3.05) is 33.8 Å². The van der Waals surface area contributed by atoms with Crippen molar-refractivity contribution in [2.24, 2.45) is 10.9 Å². The van der Waals surface area contributed by atoms with Crippen molar-refractivity contribution in [3.63, 3.8) is 0 Å². The molecule has 1 aliphatic carbocycles. The van der Waals surface area contributed by atoms with Gasteiger partial charge in [-0.05, 0) is 37.0 Å². The Kier molecular flexibility index (Phi) is 10.7. The van der Waals surface area contributed by atoms with Crippen LogP contribution in [0.5, 0.6) is 0 Å². The highest BCUT2D eigenvalue weighted by Crippen LogP contribution is 2.27. The van der Waals surface area contributed by atoms with Crippen molar-refractivity contribution in [1.82, 2.24) is 15.5 Å². The van der Waals surface area contributed by atoms with E-state index in [9.17, 15) is 4.79 Å².